The van der Waals surface area contributed by atoms with Crippen LogP contribution in [0, 0.1) is 27.7 Å². The van der Waals surface area contributed by atoms with Gasteiger partial charge in [0, 0.05) is 60.7 Å². The monoisotopic (exact) mass is 1140 g/mol. The number of carbonyl (C=O) groups is 8. The van der Waals surface area contributed by atoms with Gasteiger partial charge in [-0.05, 0) is 117 Å². The van der Waals surface area contributed by atoms with Crippen molar-refractivity contribution in [2.24, 2.45) is 0 Å². The summed E-state index contributed by atoms with van der Waals surface area (Å²) in [6.45, 7) is 20.2. The van der Waals surface area contributed by atoms with Crippen LogP contribution in [-0.2, 0) is 37.9 Å². The number of nitrogens with zero attached hydrogens (tertiary/aromatic N) is 4. The lowest BCUT2D eigenvalue weighted by Gasteiger charge is -2.27. The molecule has 0 amide bonds. The van der Waals surface area contributed by atoms with E-state index in [-0.39, 0.29) is 109 Å². The molecule has 80 heavy (non-hydrogen) atoms. The average molecular weight is 1140 g/mol. The van der Waals surface area contributed by atoms with E-state index in [0.717, 1.165) is 11.1 Å². The quantitative estimate of drug-likeness (QED) is 0.0293. The fourth-order valence-electron chi connectivity index (χ4n) is 8.09. The molecule has 24 heteroatoms. The van der Waals surface area contributed by atoms with Crippen molar-refractivity contribution in [3.8, 4) is 22.6 Å². The van der Waals surface area contributed by atoms with Crippen molar-refractivity contribution < 1.29 is 85.3 Å². The van der Waals surface area contributed by atoms with Gasteiger partial charge in [0.05, 0.1) is 97.4 Å². The fourth-order valence-corrected chi connectivity index (χ4v) is 11.3. The topological polar surface area (TPSA) is 249 Å². The molecular weight excluding hydrogens is 1080 g/mol. The third-order valence-electron chi connectivity index (χ3n) is 12.0. The molecule has 0 unspecified atom stereocenters. The van der Waals surface area contributed by atoms with Gasteiger partial charge in [0.1, 0.15) is 11.5 Å². The summed E-state index contributed by atoms with van der Waals surface area (Å²) in [5.74, 6) is -6.32. The number of aromatic nitrogens is 4. The summed E-state index contributed by atoms with van der Waals surface area (Å²) >= 11 is 0. The molecule has 4 aromatic heterocycles. The normalized spacial score (nSPS) is 11.0. The lowest BCUT2D eigenvalue weighted by Crippen LogP contribution is -2.11. The molecule has 22 nitrogen and oxygen atoms in total. The summed E-state index contributed by atoms with van der Waals surface area (Å²) in [5, 5.41) is 0. The van der Waals surface area contributed by atoms with E-state index in [4.69, 9.17) is 46.9 Å². The van der Waals surface area contributed by atoms with Crippen LogP contribution >= 0.6 is 16.9 Å². The second-order valence-corrected chi connectivity index (χ2v) is 20.3. The van der Waals surface area contributed by atoms with Gasteiger partial charge in [0.25, 0.3) is 0 Å². The Kier molecular flexibility index (Phi) is 21.0. The first-order valence-electron chi connectivity index (χ1n) is 25.8. The van der Waals surface area contributed by atoms with E-state index >= 15 is 0 Å². The van der Waals surface area contributed by atoms with Gasteiger partial charge in [-0.25, -0.2) is 38.4 Å². The lowest BCUT2D eigenvalue weighted by atomic mass is 9.90. The Hall–Kier alpha value is -8.22. The molecule has 6 rings (SSSR count). The van der Waals surface area contributed by atoms with Crippen LogP contribution in [0.5, 0.6) is 11.5 Å². The summed E-state index contributed by atoms with van der Waals surface area (Å²) < 4.78 is 63.1. The summed E-state index contributed by atoms with van der Waals surface area (Å²) in [4.78, 5) is 109. The van der Waals surface area contributed by atoms with Crippen molar-refractivity contribution >= 4 is 64.7 Å². The third kappa shape index (κ3) is 13.3. The van der Waals surface area contributed by atoms with Crippen LogP contribution in [0.2, 0.25) is 0 Å². The molecule has 0 aliphatic rings. The molecule has 0 fully saturated rings. The Labute approximate surface area is 464 Å². The standard InChI is InChI=1S/C56H64N4O18P2/c1-13-69-49(61)37-25-57(26-38(37)50(62)70-14-2)79(58-27-39(51(63)71-15-3)40(28-58)52(64)72-16-4)77-45-23-21-33(9)35(11)47(45)48-36(12)34(10)22-24-46(48)78-80(59-29-41(53(65)73-17-5)42(30-59)54(66)74-18-6)60-31-43(55(67)75-19-7)44(32-60)56(68)76-20-8/h21-32H,13-20H2,1-12H3. The maximum atomic E-state index is 13.6. The Morgan fingerprint density at radius 2 is 0.487 bits per heavy atom. The van der Waals surface area contributed by atoms with E-state index in [0.29, 0.717) is 22.3 Å². The first kappa shape index (κ1) is 61.0. The zero-order chi connectivity index (χ0) is 58.5. The predicted molar refractivity (Wildman–Crippen MR) is 293 cm³/mol. The molecule has 0 atom stereocenters. The Bertz CT molecular complexity index is 2800. The molecule has 0 spiro atoms. The number of hydrogen-bond acceptors (Lipinski definition) is 18. The van der Waals surface area contributed by atoms with Gasteiger partial charge in [-0.15, -0.1) is 0 Å². The minimum Gasteiger partial charge on any atom is -0.462 e. The molecule has 0 saturated heterocycles. The lowest BCUT2D eigenvalue weighted by molar-refractivity contribution is 0.0480. The van der Waals surface area contributed by atoms with E-state index in [1.54, 1.807) is 67.5 Å². The minimum atomic E-state index is -2.46. The van der Waals surface area contributed by atoms with Crippen LogP contribution in [0.15, 0.2) is 73.8 Å². The molecule has 6 aromatic rings. The highest BCUT2D eigenvalue weighted by atomic mass is 31.2. The van der Waals surface area contributed by atoms with Gasteiger partial charge in [0.2, 0.25) is 0 Å². The fraction of sp³-hybridized carbons (Fsp3) is 0.357. The summed E-state index contributed by atoms with van der Waals surface area (Å²) in [5.41, 5.74) is 2.62. The maximum absolute atomic E-state index is 13.6. The third-order valence-corrected chi connectivity index (χ3v) is 15.2. The molecule has 0 radical (unpaired) electrons. The average Bonchev–Trinajstić information content (AvgIpc) is 4.38. The Morgan fingerprint density at radius 3 is 0.650 bits per heavy atom. The molecule has 426 valence electrons. The van der Waals surface area contributed by atoms with E-state index < -0.39 is 64.7 Å². The number of benzene rings is 2. The smallest absolute Gasteiger partial charge is 0.340 e. The molecular formula is C56H64N4O18P2. The van der Waals surface area contributed by atoms with Crippen LogP contribution in [0.4, 0.5) is 0 Å². The number of carbonyl (C=O) groups excluding carboxylic acids is 8. The molecule has 0 bridgehead atoms. The molecule has 0 aliphatic heterocycles. The maximum Gasteiger partial charge on any atom is 0.340 e. The Balaban J connectivity index is 1.67. The van der Waals surface area contributed by atoms with E-state index in [1.165, 1.54) is 66.9 Å². The molecule has 0 saturated carbocycles. The number of aryl methyl sites for hydroxylation is 2. The SMILES string of the molecule is CCOC(=O)c1cn(P(Oc2ccc(C)c(C)c2-c2c(OP(n3cc(C(=O)OCC)c(C(=O)OCC)c3)n3cc(C(=O)OCC)c(C(=O)OCC)c3)ccc(C)c2C)n2cc(C(=O)OCC)c(C(=O)OCC)c2)cc1C(=O)OCC. The van der Waals surface area contributed by atoms with Gasteiger partial charge < -0.3 is 46.9 Å². The van der Waals surface area contributed by atoms with Crippen LogP contribution in [0.3, 0.4) is 0 Å². The molecule has 0 N–H and O–H groups in total. The van der Waals surface area contributed by atoms with Crippen molar-refractivity contribution in [3.63, 3.8) is 0 Å². The van der Waals surface area contributed by atoms with Crippen molar-refractivity contribution in [2.75, 3.05) is 52.9 Å². The Morgan fingerprint density at radius 1 is 0.312 bits per heavy atom. The van der Waals surface area contributed by atoms with Crippen LogP contribution < -0.4 is 9.05 Å². The van der Waals surface area contributed by atoms with Crippen LogP contribution in [0.1, 0.15) is 161 Å². The highest BCUT2D eigenvalue weighted by molar-refractivity contribution is 7.50. The summed E-state index contributed by atoms with van der Waals surface area (Å²) in [7, 11) is -4.91. The zero-order valence-electron chi connectivity index (χ0n) is 46.6. The largest absolute Gasteiger partial charge is 0.462 e. The van der Waals surface area contributed by atoms with Crippen molar-refractivity contribution in [1.29, 1.82) is 0 Å². The summed E-state index contributed by atoms with van der Waals surface area (Å²) in [6, 6.07) is 7.04. The van der Waals surface area contributed by atoms with Gasteiger partial charge >= 0.3 is 64.7 Å². The number of esters is 8. The zero-order valence-corrected chi connectivity index (χ0v) is 48.4. The molecule has 0 aliphatic carbocycles. The second kappa shape index (κ2) is 27.6. The van der Waals surface area contributed by atoms with Gasteiger partial charge in [-0.3, -0.25) is 17.4 Å². The highest BCUT2D eigenvalue weighted by Gasteiger charge is 2.35. The molecule has 4 heterocycles. The number of ether oxygens (including phenoxy) is 8. The molecule has 2 aromatic carbocycles. The first-order valence-corrected chi connectivity index (χ1v) is 28.1. The van der Waals surface area contributed by atoms with Crippen molar-refractivity contribution in [3.05, 3.63) is 141 Å². The van der Waals surface area contributed by atoms with Crippen molar-refractivity contribution in [2.45, 2.75) is 83.1 Å². The van der Waals surface area contributed by atoms with Crippen LogP contribution in [0.25, 0.3) is 11.1 Å². The second-order valence-electron chi connectivity index (χ2n) is 17.1. The number of hydrogen-bond donors (Lipinski definition) is 0. The minimum absolute atomic E-state index is 0.0255. The van der Waals surface area contributed by atoms with Gasteiger partial charge in [0.15, 0.2) is 0 Å². The van der Waals surface area contributed by atoms with Crippen molar-refractivity contribution in [1.82, 2.24) is 17.4 Å². The van der Waals surface area contributed by atoms with Gasteiger partial charge in [-0.2, -0.15) is 0 Å². The van der Waals surface area contributed by atoms with E-state index in [2.05, 4.69) is 0 Å². The van der Waals surface area contributed by atoms with E-state index in [9.17, 15) is 38.4 Å². The predicted octanol–water partition coefficient (Wildman–Crippen LogP) is 10.6. The number of rotatable bonds is 25. The van der Waals surface area contributed by atoms with E-state index in [1.807, 2.05) is 39.8 Å². The highest BCUT2D eigenvalue weighted by Crippen LogP contribution is 2.53. The first-order chi connectivity index (χ1) is 38.3. The summed E-state index contributed by atoms with van der Waals surface area (Å²) in [6.07, 6.45) is 10.8. The van der Waals surface area contributed by atoms with Crippen LogP contribution in [-0.4, -0.2) is 118 Å². The van der Waals surface area contributed by atoms with Gasteiger partial charge in [-0.1, -0.05) is 12.1 Å².